The molecule has 0 radical (unpaired) electrons. The fraction of sp³-hybridized carbons (Fsp3) is 0.250. The standard InChI is InChI=1S/C28H30FN3O2/c1-20(8-6-9-21(2)29)18-32-26-13-5-4-12-24(26)25-19-31(15-14-27(25)32)28(33)30-17-22-10-7-11-23(16-22)34-3/h4-13,16H,1,14-15,17-19H2,2-3H3,(H,30,33)/b8-6-,21-9+. The predicted molar refractivity (Wildman–Crippen MR) is 134 cm³/mol. The van der Waals surface area contributed by atoms with Gasteiger partial charge >= 0.3 is 6.03 Å². The highest BCUT2D eigenvalue weighted by molar-refractivity contribution is 5.87. The van der Waals surface area contributed by atoms with E-state index in [-0.39, 0.29) is 11.9 Å². The van der Waals surface area contributed by atoms with Crippen LogP contribution < -0.4 is 10.1 Å². The van der Waals surface area contributed by atoms with Crippen LogP contribution >= 0.6 is 0 Å². The Labute approximate surface area is 199 Å². The number of fused-ring (bicyclic) bond motifs is 3. The molecule has 2 aromatic carbocycles. The maximum absolute atomic E-state index is 13.0. The van der Waals surface area contributed by atoms with E-state index in [2.05, 4.69) is 28.6 Å². The summed E-state index contributed by atoms with van der Waals surface area (Å²) in [5.74, 6) is 0.534. The molecular formula is C28H30FN3O2. The number of carbonyl (C=O) groups is 1. The van der Waals surface area contributed by atoms with Crippen LogP contribution in [0.15, 0.2) is 84.7 Å². The van der Waals surface area contributed by atoms with Crippen LogP contribution in [0.4, 0.5) is 9.18 Å². The predicted octanol–water partition coefficient (Wildman–Crippen LogP) is 5.90. The summed E-state index contributed by atoms with van der Waals surface area (Å²) >= 11 is 0. The highest BCUT2D eigenvalue weighted by atomic mass is 19.1. The number of carbonyl (C=O) groups excluding carboxylic acids is 1. The van der Waals surface area contributed by atoms with Crippen molar-refractivity contribution in [3.05, 3.63) is 102 Å². The molecule has 34 heavy (non-hydrogen) atoms. The van der Waals surface area contributed by atoms with Crippen LogP contribution in [0, 0.1) is 0 Å². The first-order chi connectivity index (χ1) is 16.5. The second-order valence-electron chi connectivity index (χ2n) is 8.48. The Balaban J connectivity index is 1.50. The van der Waals surface area contributed by atoms with Gasteiger partial charge in [-0.1, -0.05) is 49.1 Å². The summed E-state index contributed by atoms with van der Waals surface area (Å²) < 4.78 is 20.5. The first kappa shape index (κ1) is 23.4. The maximum atomic E-state index is 13.0. The average Bonchev–Trinajstić information content (AvgIpc) is 3.15. The SMILES string of the molecule is C=C(/C=C\C=C(/C)F)Cn1c2c(c3ccccc31)CN(C(=O)NCc1cccc(OC)c1)CC2. The molecule has 4 rings (SSSR count). The van der Waals surface area contributed by atoms with Gasteiger partial charge in [0.15, 0.2) is 0 Å². The van der Waals surface area contributed by atoms with E-state index in [1.807, 2.05) is 47.4 Å². The van der Waals surface area contributed by atoms with Gasteiger partial charge in [0.1, 0.15) is 5.75 Å². The second kappa shape index (κ2) is 10.4. The van der Waals surface area contributed by atoms with Crippen LogP contribution in [0.1, 0.15) is 23.7 Å². The Morgan fingerprint density at radius 3 is 2.85 bits per heavy atom. The Hall–Kier alpha value is -3.80. The van der Waals surface area contributed by atoms with Gasteiger partial charge in [-0.25, -0.2) is 9.18 Å². The molecule has 0 bridgehead atoms. The van der Waals surface area contributed by atoms with Crippen LogP contribution in [0.25, 0.3) is 10.9 Å². The lowest BCUT2D eigenvalue weighted by molar-refractivity contribution is 0.191. The average molecular weight is 460 g/mol. The molecule has 6 heteroatoms. The van der Waals surface area contributed by atoms with Crippen LogP contribution in [-0.4, -0.2) is 29.2 Å². The van der Waals surface area contributed by atoms with Crippen molar-refractivity contribution < 1.29 is 13.9 Å². The van der Waals surface area contributed by atoms with E-state index in [1.165, 1.54) is 24.3 Å². The zero-order valence-corrected chi connectivity index (χ0v) is 19.7. The van der Waals surface area contributed by atoms with Gasteiger partial charge in [0.05, 0.1) is 12.9 Å². The van der Waals surface area contributed by atoms with Crippen LogP contribution in [-0.2, 0) is 26.1 Å². The molecule has 0 saturated heterocycles. The maximum Gasteiger partial charge on any atom is 0.317 e. The third-order valence-corrected chi connectivity index (χ3v) is 6.05. The first-order valence-corrected chi connectivity index (χ1v) is 11.4. The first-order valence-electron chi connectivity index (χ1n) is 11.4. The molecule has 0 fully saturated rings. The number of nitrogens with one attached hydrogen (secondary N) is 1. The molecule has 1 aromatic heterocycles. The number of ether oxygens (including phenoxy) is 1. The number of nitrogens with zero attached hydrogens (tertiary/aromatic N) is 2. The molecule has 2 heterocycles. The molecule has 2 amide bonds. The molecule has 176 valence electrons. The fourth-order valence-corrected chi connectivity index (χ4v) is 4.40. The van der Waals surface area contributed by atoms with E-state index in [0.717, 1.165) is 34.2 Å². The summed E-state index contributed by atoms with van der Waals surface area (Å²) in [6.45, 7) is 7.82. The summed E-state index contributed by atoms with van der Waals surface area (Å²) in [5, 5.41) is 4.19. The number of allylic oxidation sites excluding steroid dienone is 5. The molecular weight excluding hydrogens is 429 g/mol. The molecule has 5 nitrogen and oxygen atoms in total. The van der Waals surface area contributed by atoms with Gasteiger partial charge in [-0.15, -0.1) is 0 Å². The van der Waals surface area contributed by atoms with Crippen molar-refractivity contribution >= 4 is 16.9 Å². The highest BCUT2D eigenvalue weighted by Crippen LogP contribution is 2.31. The third-order valence-electron chi connectivity index (χ3n) is 6.05. The molecule has 0 aliphatic carbocycles. The molecule has 3 aromatic rings. The summed E-state index contributed by atoms with van der Waals surface area (Å²) in [6.07, 6.45) is 5.71. The number of aromatic nitrogens is 1. The quantitative estimate of drug-likeness (QED) is 0.447. The number of hydrogen-bond donors (Lipinski definition) is 1. The van der Waals surface area contributed by atoms with Crippen LogP contribution in [0.5, 0.6) is 5.75 Å². The van der Waals surface area contributed by atoms with E-state index in [0.29, 0.717) is 26.2 Å². The molecule has 0 unspecified atom stereocenters. The lowest BCUT2D eigenvalue weighted by Gasteiger charge is -2.28. The number of urea groups is 1. The van der Waals surface area contributed by atoms with Crippen molar-refractivity contribution in [2.24, 2.45) is 0 Å². The Bertz CT molecular complexity index is 1270. The summed E-state index contributed by atoms with van der Waals surface area (Å²) in [4.78, 5) is 14.8. The van der Waals surface area contributed by atoms with Gasteiger partial charge in [0, 0.05) is 54.8 Å². The zero-order valence-electron chi connectivity index (χ0n) is 19.7. The summed E-state index contributed by atoms with van der Waals surface area (Å²) in [6, 6.07) is 15.9. The Morgan fingerprint density at radius 2 is 2.06 bits per heavy atom. The van der Waals surface area contributed by atoms with Crippen LogP contribution in [0.2, 0.25) is 0 Å². The van der Waals surface area contributed by atoms with E-state index < -0.39 is 0 Å². The zero-order chi connectivity index (χ0) is 24.1. The molecule has 1 N–H and O–H groups in total. The smallest absolute Gasteiger partial charge is 0.317 e. The van der Waals surface area contributed by atoms with Gasteiger partial charge < -0.3 is 19.5 Å². The van der Waals surface area contributed by atoms with Crippen LogP contribution in [0.3, 0.4) is 0 Å². The van der Waals surface area contributed by atoms with Crippen molar-refractivity contribution in [3.63, 3.8) is 0 Å². The van der Waals surface area contributed by atoms with E-state index >= 15 is 0 Å². The normalized spacial score (nSPS) is 13.9. The van der Waals surface area contributed by atoms with Crippen molar-refractivity contribution in [1.82, 2.24) is 14.8 Å². The minimum Gasteiger partial charge on any atom is -0.497 e. The molecule has 0 atom stereocenters. The Kier molecular flexibility index (Phi) is 7.16. The molecule has 1 aliphatic heterocycles. The third kappa shape index (κ3) is 5.22. The van der Waals surface area contributed by atoms with E-state index in [4.69, 9.17) is 4.74 Å². The van der Waals surface area contributed by atoms with Gasteiger partial charge in [0.2, 0.25) is 0 Å². The topological polar surface area (TPSA) is 46.5 Å². The van der Waals surface area contributed by atoms with Crippen molar-refractivity contribution in [1.29, 1.82) is 0 Å². The number of amides is 2. The van der Waals surface area contributed by atoms with Crippen molar-refractivity contribution in [3.8, 4) is 5.75 Å². The fourth-order valence-electron chi connectivity index (χ4n) is 4.40. The molecule has 1 aliphatic rings. The summed E-state index contributed by atoms with van der Waals surface area (Å²) in [7, 11) is 1.63. The monoisotopic (exact) mass is 459 g/mol. The van der Waals surface area contributed by atoms with Gasteiger partial charge in [-0.2, -0.15) is 0 Å². The van der Waals surface area contributed by atoms with Crippen molar-refractivity contribution in [2.75, 3.05) is 13.7 Å². The lowest BCUT2D eigenvalue weighted by atomic mass is 10.0. The highest BCUT2D eigenvalue weighted by Gasteiger charge is 2.26. The number of halogens is 1. The van der Waals surface area contributed by atoms with E-state index in [1.54, 1.807) is 13.2 Å². The number of hydrogen-bond acceptors (Lipinski definition) is 2. The Morgan fingerprint density at radius 1 is 1.24 bits per heavy atom. The largest absolute Gasteiger partial charge is 0.497 e. The second-order valence-corrected chi connectivity index (χ2v) is 8.48. The lowest BCUT2D eigenvalue weighted by Crippen LogP contribution is -2.42. The number of rotatable bonds is 7. The van der Waals surface area contributed by atoms with Gasteiger partial charge in [0.25, 0.3) is 0 Å². The number of para-hydroxylation sites is 1. The van der Waals surface area contributed by atoms with E-state index in [9.17, 15) is 9.18 Å². The minimum absolute atomic E-state index is 0.0778. The molecule has 0 saturated carbocycles. The van der Waals surface area contributed by atoms with Crippen molar-refractivity contribution in [2.45, 2.75) is 33.0 Å². The van der Waals surface area contributed by atoms with Gasteiger partial charge in [-0.3, -0.25) is 0 Å². The number of benzene rings is 2. The van der Waals surface area contributed by atoms with Gasteiger partial charge in [-0.05, 0) is 42.3 Å². The molecule has 0 spiro atoms. The number of methoxy groups -OCH3 is 1. The minimum atomic E-state index is -0.238. The summed E-state index contributed by atoms with van der Waals surface area (Å²) in [5.41, 5.74) is 5.41.